The normalized spacial score (nSPS) is 31.5. The largest absolute Gasteiger partial charge is 0.286 e. The Morgan fingerprint density at radius 3 is 3.33 bits per heavy atom. The zero-order valence-electron chi connectivity index (χ0n) is 6.30. The molecular formula is C4H7N7S. The molecule has 64 valence electrons. The smallest absolute Gasteiger partial charge is 0.279 e. The monoisotopic (exact) mass is 185 g/mol. The average Bonchev–Trinajstić information content (AvgIpc) is 2.46. The maximum absolute atomic E-state index is 5.84. The maximum atomic E-state index is 5.84. The second kappa shape index (κ2) is 2.42. The average molecular weight is 185 g/mol. The van der Waals surface area contributed by atoms with Gasteiger partial charge in [-0.1, -0.05) is 11.8 Å². The number of nitrogens with two attached hydrogens (primary N) is 1. The topological polar surface area (TPSA) is 90.7 Å². The molecule has 0 aliphatic carbocycles. The van der Waals surface area contributed by atoms with Crippen molar-refractivity contribution < 1.29 is 0 Å². The highest BCUT2D eigenvalue weighted by molar-refractivity contribution is 7.99. The third-order valence-corrected chi connectivity index (χ3v) is 2.36. The van der Waals surface area contributed by atoms with Gasteiger partial charge in [0.2, 0.25) is 0 Å². The molecule has 2 rings (SSSR count). The predicted molar refractivity (Wildman–Crippen MR) is 46.2 cm³/mol. The number of guanidine groups is 1. The summed E-state index contributed by atoms with van der Waals surface area (Å²) < 4.78 is 0. The fourth-order valence-corrected chi connectivity index (χ4v) is 1.30. The summed E-state index contributed by atoms with van der Waals surface area (Å²) >= 11 is 1.36. The van der Waals surface area contributed by atoms with Crippen molar-refractivity contribution in [2.45, 2.75) is 5.12 Å². The summed E-state index contributed by atoms with van der Waals surface area (Å²) in [6, 6.07) is 0. The van der Waals surface area contributed by atoms with Crippen molar-refractivity contribution in [3.05, 3.63) is 0 Å². The van der Waals surface area contributed by atoms with Gasteiger partial charge in [-0.25, -0.2) is 0 Å². The van der Waals surface area contributed by atoms with E-state index in [1.807, 2.05) is 6.26 Å². The number of thioether (sulfide) groups is 1. The first-order valence-electron chi connectivity index (χ1n) is 3.19. The zero-order valence-corrected chi connectivity index (χ0v) is 7.12. The minimum absolute atomic E-state index is 0.384. The molecule has 0 radical (unpaired) electrons. The van der Waals surface area contributed by atoms with E-state index in [9.17, 15) is 0 Å². The van der Waals surface area contributed by atoms with Gasteiger partial charge in [0.1, 0.15) is 6.34 Å². The van der Waals surface area contributed by atoms with Gasteiger partial charge in [-0.15, -0.1) is 20.4 Å². The van der Waals surface area contributed by atoms with Crippen molar-refractivity contribution in [3.63, 3.8) is 0 Å². The van der Waals surface area contributed by atoms with Gasteiger partial charge in [0.25, 0.3) is 11.1 Å². The Kier molecular flexibility index (Phi) is 1.51. The number of rotatable bonds is 1. The van der Waals surface area contributed by atoms with Crippen molar-refractivity contribution in [3.8, 4) is 0 Å². The van der Waals surface area contributed by atoms with Gasteiger partial charge >= 0.3 is 0 Å². The number of hydrogen-bond donors (Lipinski definition) is 2. The third kappa shape index (κ3) is 0.883. The van der Waals surface area contributed by atoms with Gasteiger partial charge in [-0.3, -0.25) is 11.2 Å². The molecular weight excluding hydrogens is 178 g/mol. The molecule has 0 saturated heterocycles. The lowest BCUT2D eigenvalue weighted by Gasteiger charge is -2.29. The van der Waals surface area contributed by atoms with E-state index in [2.05, 4.69) is 25.9 Å². The highest BCUT2D eigenvalue weighted by atomic mass is 32.2. The van der Waals surface area contributed by atoms with Crippen LogP contribution in [-0.4, -0.2) is 28.7 Å². The van der Waals surface area contributed by atoms with Crippen LogP contribution in [0.5, 0.6) is 0 Å². The number of hydrogen-bond acceptors (Lipinski definition) is 8. The molecule has 0 saturated carbocycles. The molecule has 0 aromatic rings. The lowest BCUT2D eigenvalue weighted by Crippen LogP contribution is -2.57. The summed E-state index contributed by atoms with van der Waals surface area (Å²) in [4.78, 5) is 0. The second-order valence-corrected chi connectivity index (χ2v) is 3.18. The molecule has 0 aromatic carbocycles. The first kappa shape index (κ1) is 7.50. The van der Waals surface area contributed by atoms with Crippen LogP contribution < -0.4 is 11.2 Å². The first-order chi connectivity index (χ1) is 5.76. The summed E-state index contributed by atoms with van der Waals surface area (Å²) in [6.45, 7) is 0. The predicted octanol–water partition coefficient (Wildman–Crippen LogP) is -0.495. The fraction of sp³-hybridized carbons (Fsp3) is 0.500. The van der Waals surface area contributed by atoms with Crippen molar-refractivity contribution in [2.24, 2.45) is 26.2 Å². The number of nitrogens with one attached hydrogen (secondary N) is 1. The van der Waals surface area contributed by atoms with E-state index in [-0.39, 0.29) is 0 Å². The standard InChI is InChI=1S/C4H7N7S/c1-12-4(5)10-9-3-8-6-2-7-11(3)4/h2H,5H2,1H3,(H,6,7). The number of nitrogens with zero attached hydrogens (tertiary/aromatic N) is 5. The highest BCUT2D eigenvalue weighted by Gasteiger charge is 2.41. The van der Waals surface area contributed by atoms with Crippen LogP contribution in [0.2, 0.25) is 0 Å². The van der Waals surface area contributed by atoms with Gasteiger partial charge in [0, 0.05) is 0 Å². The Balaban J connectivity index is 2.32. The summed E-state index contributed by atoms with van der Waals surface area (Å²) in [5.74, 6) is 0.384. The Morgan fingerprint density at radius 2 is 2.58 bits per heavy atom. The molecule has 2 heterocycles. The summed E-state index contributed by atoms with van der Waals surface area (Å²) in [6.07, 6.45) is 3.27. The minimum Gasteiger partial charge on any atom is -0.279 e. The Bertz CT molecular complexity index is 283. The van der Waals surface area contributed by atoms with Crippen LogP contribution in [-0.2, 0) is 0 Å². The van der Waals surface area contributed by atoms with E-state index < -0.39 is 5.12 Å². The molecule has 1 unspecified atom stereocenters. The molecule has 0 spiro atoms. The Labute approximate surface area is 72.8 Å². The Morgan fingerprint density at radius 1 is 1.75 bits per heavy atom. The summed E-state index contributed by atoms with van der Waals surface area (Å²) in [5, 5.41) is 15.6. The van der Waals surface area contributed by atoms with Crippen LogP contribution in [0.25, 0.3) is 0 Å². The van der Waals surface area contributed by atoms with E-state index in [1.54, 1.807) is 5.01 Å². The Hall–Kier alpha value is -1.15. The van der Waals surface area contributed by atoms with Gasteiger partial charge in [-0.2, -0.15) is 5.01 Å². The van der Waals surface area contributed by atoms with Crippen molar-refractivity contribution in [1.29, 1.82) is 0 Å². The highest BCUT2D eigenvalue weighted by Crippen LogP contribution is 2.28. The van der Waals surface area contributed by atoms with E-state index in [4.69, 9.17) is 5.73 Å². The molecule has 0 bridgehead atoms. The quantitative estimate of drug-likeness (QED) is 0.539. The first-order valence-corrected chi connectivity index (χ1v) is 4.41. The van der Waals surface area contributed by atoms with Crippen LogP contribution in [0, 0.1) is 0 Å². The van der Waals surface area contributed by atoms with Crippen molar-refractivity contribution in [1.82, 2.24) is 10.4 Å². The molecule has 0 aromatic heterocycles. The molecule has 12 heavy (non-hydrogen) atoms. The third-order valence-electron chi connectivity index (χ3n) is 1.50. The molecule has 2 aliphatic rings. The number of azo groups is 1. The van der Waals surface area contributed by atoms with Crippen LogP contribution in [0.1, 0.15) is 0 Å². The SMILES string of the molecule is CSC1(N)N=NC2=NN=CNN21. The second-order valence-electron chi connectivity index (χ2n) is 2.17. The van der Waals surface area contributed by atoms with Crippen LogP contribution in [0.4, 0.5) is 0 Å². The summed E-state index contributed by atoms with van der Waals surface area (Å²) in [5.41, 5.74) is 8.64. The van der Waals surface area contributed by atoms with Crippen molar-refractivity contribution >= 4 is 24.1 Å². The van der Waals surface area contributed by atoms with E-state index in [0.29, 0.717) is 5.96 Å². The molecule has 2 aliphatic heterocycles. The molecule has 7 nitrogen and oxygen atoms in total. The maximum Gasteiger partial charge on any atom is 0.286 e. The zero-order chi connectivity index (χ0) is 8.60. The minimum atomic E-state index is -0.898. The summed E-state index contributed by atoms with van der Waals surface area (Å²) in [7, 11) is 0. The van der Waals surface area contributed by atoms with Gasteiger partial charge in [0.15, 0.2) is 0 Å². The molecule has 1 atom stereocenters. The van der Waals surface area contributed by atoms with Gasteiger partial charge in [0.05, 0.1) is 0 Å². The molecule has 0 fully saturated rings. The van der Waals surface area contributed by atoms with Crippen molar-refractivity contribution in [2.75, 3.05) is 6.26 Å². The number of hydrazine groups is 1. The fourth-order valence-electron chi connectivity index (χ4n) is 0.860. The number of fused-ring (bicyclic) bond motifs is 1. The molecule has 0 amide bonds. The lowest BCUT2D eigenvalue weighted by atomic mass is 10.8. The van der Waals surface area contributed by atoms with Gasteiger partial charge in [-0.05, 0) is 6.26 Å². The lowest BCUT2D eigenvalue weighted by molar-refractivity contribution is 0.271. The van der Waals surface area contributed by atoms with Crippen LogP contribution in [0.3, 0.4) is 0 Å². The van der Waals surface area contributed by atoms with Crippen LogP contribution in [0.15, 0.2) is 20.4 Å². The molecule has 3 N–H and O–H groups in total. The van der Waals surface area contributed by atoms with E-state index in [0.717, 1.165) is 0 Å². The van der Waals surface area contributed by atoms with Crippen LogP contribution >= 0.6 is 11.8 Å². The van der Waals surface area contributed by atoms with E-state index >= 15 is 0 Å². The van der Waals surface area contributed by atoms with E-state index in [1.165, 1.54) is 18.1 Å². The molecule has 8 heteroatoms. The van der Waals surface area contributed by atoms with Gasteiger partial charge < -0.3 is 0 Å².